The van der Waals surface area contributed by atoms with Crippen LogP contribution in [0.15, 0.2) is 42.6 Å². The lowest BCUT2D eigenvalue weighted by Gasteiger charge is -2.06. The van der Waals surface area contributed by atoms with Gasteiger partial charge in [-0.25, -0.2) is 0 Å². The summed E-state index contributed by atoms with van der Waals surface area (Å²) in [5.74, 6) is -0.0211. The molecule has 3 rings (SSSR count). The molecule has 0 fully saturated rings. The summed E-state index contributed by atoms with van der Waals surface area (Å²) in [6, 6.07) is 11.8. The van der Waals surface area contributed by atoms with Crippen LogP contribution in [0.2, 0.25) is 0 Å². The van der Waals surface area contributed by atoms with E-state index in [2.05, 4.69) is 27.4 Å². The molecule has 0 aliphatic rings. The minimum atomic E-state index is -0.0211. The minimum absolute atomic E-state index is 0.0211. The highest BCUT2D eigenvalue weighted by Gasteiger charge is 2.06. The number of H-pyrrole nitrogens is 1. The van der Waals surface area contributed by atoms with Gasteiger partial charge in [0.15, 0.2) is 0 Å². The Balaban J connectivity index is 1.73. The first-order valence-electron chi connectivity index (χ1n) is 6.91. The molecule has 0 atom stereocenters. The number of carbonyl (C=O) groups is 1. The zero-order valence-electron chi connectivity index (χ0n) is 12.1. The molecule has 4 heteroatoms. The normalized spacial score (nSPS) is 10.8. The minimum Gasteiger partial charge on any atom is -0.359 e. The van der Waals surface area contributed by atoms with Gasteiger partial charge < -0.3 is 10.3 Å². The predicted molar refractivity (Wildman–Crippen MR) is 84.3 cm³/mol. The van der Waals surface area contributed by atoms with Crippen LogP contribution in [0.3, 0.4) is 0 Å². The molecule has 3 aromatic rings. The van der Waals surface area contributed by atoms with Gasteiger partial charge in [-0.1, -0.05) is 6.07 Å². The first kappa shape index (κ1) is 13.4. The first-order valence-corrected chi connectivity index (χ1v) is 6.91. The van der Waals surface area contributed by atoms with Crippen LogP contribution in [-0.4, -0.2) is 15.9 Å². The number of hydrogen-bond acceptors (Lipinski definition) is 2. The molecule has 0 saturated carbocycles. The van der Waals surface area contributed by atoms with Crippen molar-refractivity contribution in [2.75, 3.05) is 5.32 Å². The molecule has 2 aromatic heterocycles. The number of aromatic nitrogens is 2. The van der Waals surface area contributed by atoms with Crippen LogP contribution in [0.4, 0.5) is 5.69 Å². The molecule has 0 aliphatic carbocycles. The SMILES string of the molecule is Cc1cc(NC(=O)Cc2ccc3[nH]c(C)cc3c2)ccn1. The number of carbonyl (C=O) groups excluding carboxylic acids is 1. The monoisotopic (exact) mass is 279 g/mol. The van der Waals surface area contributed by atoms with Crippen LogP contribution in [0.5, 0.6) is 0 Å². The number of nitrogens with zero attached hydrogens (tertiary/aromatic N) is 1. The molecule has 0 saturated heterocycles. The summed E-state index contributed by atoms with van der Waals surface area (Å²) in [5, 5.41) is 4.03. The predicted octanol–water partition coefficient (Wildman–Crippen LogP) is 3.36. The average molecular weight is 279 g/mol. The molecule has 0 unspecified atom stereocenters. The number of pyridine rings is 1. The first-order chi connectivity index (χ1) is 10.1. The van der Waals surface area contributed by atoms with Crippen LogP contribution in [0.1, 0.15) is 17.0 Å². The molecule has 1 aromatic carbocycles. The van der Waals surface area contributed by atoms with Crippen LogP contribution in [-0.2, 0) is 11.2 Å². The standard InChI is InChI=1S/C17H17N3O/c1-11-8-15(5-6-18-11)20-17(21)10-13-3-4-16-14(9-13)7-12(2)19-16/h3-9,19H,10H2,1-2H3,(H,18,20,21). The van der Waals surface area contributed by atoms with Crippen molar-refractivity contribution in [3.05, 3.63) is 59.5 Å². The van der Waals surface area contributed by atoms with E-state index in [1.54, 1.807) is 12.3 Å². The highest BCUT2D eigenvalue weighted by atomic mass is 16.1. The molecule has 0 radical (unpaired) electrons. The smallest absolute Gasteiger partial charge is 0.228 e. The second kappa shape index (κ2) is 5.40. The Hall–Kier alpha value is -2.62. The molecule has 106 valence electrons. The maximum absolute atomic E-state index is 12.1. The average Bonchev–Trinajstić information content (AvgIpc) is 2.78. The second-order valence-electron chi connectivity index (χ2n) is 5.28. The third kappa shape index (κ3) is 3.11. The van der Waals surface area contributed by atoms with Crippen molar-refractivity contribution in [1.82, 2.24) is 9.97 Å². The van der Waals surface area contributed by atoms with Gasteiger partial charge in [-0.05, 0) is 55.1 Å². The zero-order chi connectivity index (χ0) is 14.8. The number of aromatic amines is 1. The maximum atomic E-state index is 12.1. The molecule has 0 spiro atoms. The van der Waals surface area contributed by atoms with Gasteiger partial charge in [-0.2, -0.15) is 0 Å². The molecular formula is C17H17N3O. The number of aryl methyl sites for hydroxylation is 2. The summed E-state index contributed by atoms with van der Waals surface area (Å²) in [4.78, 5) is 19.5. The van der Waals surface area contributed by atoms with E-state index < -0.39 is 0 Å². The van der Waals surface area contributed by atoms with Gasteiger partial charge in [-0.3, -0.25) is 9.78 Å². The highest BCUT2D eigenvalue weighted by Crippen LogP contribution is 2.17. The summed E-state index contributed by atoms with van der Waals surface area (Å²) in [6.45, 7) is 3.93. The number of fused-ring (bicyclic) bond motifs is 1. The van der Waals surface area contributed by atoms with E-state index in [0.717, 1.165) is 33.5 Å². The van der Waals surface area contributed by atoms with Gasteiger partial charge >= 0.3 is 0 Å². The van der Waals surface area contributed by atoms with E-state index in [4.69, 9.17) is 0 Å². The zero-order valence-corrected chi connectivity index (χ0v) is 12.1. The van der Waals surface area contributed by atoms with E-state index in [-0.39, 0.29) is 5.91 Å². The number of benzene rings is 1. The lowest BCUT2D eigenvalue weighted by Crippen LogP contribution is -2.14. The molecule has 2 N–H and O–H groups in total. The fourth-order valence-electron chi connectivity index (χ4n) is 2.45. The summed E-state index contributed by atoms with van der Waals surface area (Å²) in [6.07, 6.45) is 2.06. The summed E-state index contributed by atoms with van der Waals surface area (Å²) >= 11 is 0. The van der Waals surface area contributed by atoms with Crippen molar-refractivity contribution in [1.29, 1.82) is 0 Å². The topological polar surface area (TPSA) is 57.8 Å². The molecule has 0 bridgehead atoms. The number of hydrogen-bond donors (Lipinski definition) is 2. The molecule has 1 amide bonds. The Morgan fingerprint density at radius 1 is 1.19 bits per heavy atom. The largest absolute Gasteiger partial charge is 0.359 e. The Bertz CT molecular complexity index is 805. The van der Waals surface area contributed by atoms with Crippen molar-refractivity contribution in [3.8, 4) is 0 Å². The van der Waals surface area contributed by atoms with Gasteiger partial charge in [0.25, 0.3) is 0 Å². The van der Waals surface area contributed by atoms with Gasteiger partial charge in [0.2, 0.25) is 5.91 Å². The Kier molecular flexibility index (Phi) is 3.44. The number of nitrogens with one attached hydrogen (secondary N) is 2. The number of amides is 1. The summed E-state index contributed by atoms with van der Waals surface area (Å²) < 4.78 is 0. The van der Waals surface area contributed by atoms with Crippen molar-refractivity contribution >= 4 is 22.5 Å². The lowest BCUT2D eigenvalue weighted by atomic mass is 10.1. The Morgan fingerprint density at radius 2 is 2.05 bits per heavy atom. The van der Waals surface area contributed by atoms with E-state index in [1.807, 2.05) is 32.0 Å². The number of anilines is 1. The van der Waals surface area contributed by atoms with Crippen molar-refractivity contribution in [3.63, 3.8) is 0 Å². The number of rotatable bonds is 3. The second-order valence-corrected chi connectivity index (χ2v) is 5.28. The van der Waals surface area contributed by atoms with Crippen molar-refractivity contribution in [2.45, 2.75) is 20.3 Å². The Labute approximate surface area is 123 Å². The van der Waals surface area contributed by atoms with Crippen molar-refractivity contribution in [2.24, 2.45) is 0 Å². The highest BCUT2D eigenvalue weighted by molar-refractivity contribution is 5.93. The van der Waals surface area contributed by atoms with Gasteiger partial charge in [0.05, 0.1) is 6.42 Å². The summed E-state index contributed by atoms with van der Waals surface area (Å²) in [5.41, 5.74) is 4.90. The maximum Gasteiger partial charge on any atom is 0.228 e. The lowest BCUT2D eigenvalue weighted by molar-refractivity contribution is -0.115. The Morgan fingerprint density at radius 3 is 2.86 bits per heavy atom. The molecule has 4 nitrogen and oxygen atoms in total. The third-order valence-corrected chi connectivity index (χ3v) is 3.36. The molecule has 0 aliphatic heterocycles. The van der Waals surface area contributed by atoms with Crippen LogP contribution in [0.25, 0.3) is 10.9 Å². The van der Waals surface area contributed by atoms with Gasteiger partial charge in [-0.15, -0.1) is 0 Å². The van der Waals surface area contributed by atoms with Crippen LogP contribution >= 0.6 is 0 Å². The van der Waals surface area contributed by atoms with E-state index >= 15 is 0 Å². The van der Waals surface area contributed by atoms with Gasteiger partial charge in [0.1, 0.15) is 0 Å². The van der Waals surface area contributed by atoms with E-state index in [9.17, 15) is 4.79 Å². The fraction of sp³-hybridized carbons (Fsp3) is 0.176. The van der Waals surface area contributed by atoms with Crippen molar-refractivity contribution < 1.29 is 4.79 Å². The fourth-order valence-corrected chi connectivity index (χ4v) is 2.45. The van der Waals surface area contributed by atoms with E-state index in [0.29, 0.717) is 6.42 Å². The summed E-state index contributed by atoms with van der Waals surface area (Å²) in [7, 11) is 0. The third-order valence-electron chi connectivity index (χ3n) is 3.36. The van der Waals surface area contributed by atoms with E-state index in [1.165, 1.54) is 0 Å². The van der Waals surface area contributed by atoms with Gasteiger partial charge in [0, 0.05) is 28.8 Å². The quantitative estimate of drug-likeness (QED) is 0.772. The molecule has 2 heterocycles. The van der Waals surface area contributed by atoms with Crippen LogP contribution in [0, 0.1) is 13.8 Å². The molecular weight excluding hydrogens is 262 g/mol. The molecule has 21 heavy (non-hydrogen) atoms. The van der Waals surface area contributed by atoms with Crippen LogP contribution < -0.4 is 5.32 Å².